The van der Waals surface area contributed by atoms with Gasteiger partial charge in [-0.25, -0.2) is 13.2 Å². The second kappa shape index (κ2) is 5.88. The molecule has 0 spiro atoms. The fourth-order valence-electron chi connectivity index (χ4n) is 2.19. The summed E-state index contributed by atoms with van der Waals surface area (Å²) in [5.41, 5.74) is -0.109. The van der Waals surface area contributed by atoms with Crippen LogP contribution in [0, 0.1) is 0 Å². The number of sulfone groups is 1. The predicted octanol–water partition coefficient (Wildman–Crippen LogP) is 0.599. The highest BCUT2D eigenvalue weighted by Gasteiger charge is 2.23. The van der Waals surface area contributed by atoms with Crippen LogP contribution < -0.4 is 15.7 Å². The average Bonchev–Trinajstić information content (AvgIpc) is 2.83. The number of rotatable bonds is 4. The zero-order valence-corrected chi connectivity index (χ0v) is 12.7. The average molecular weight is 335 g/mol. The smallest absolute Gasteiger partial charge is 0.336 e. The van der Waals surface area contributed by atoms with Crippen molar-refractivity contribution in [3.63, 3.8) is 0 Å². The van der Waals surface area contributed by atoms with Crippen LogP contribution in [0.4, 0.5) is 0 Å². The molecule has 1 aliphatic heterocycles. The molecule has 1 atom stereocenters. The van der Waals surface area contributed by atoms with Crippen LogP contribution in [0.15, 0.2) is 51.0 Å². The molecule has 7 nitrogen and oxygen atoms in total. The summed E-state index contributed by atoms with van der Waals surface area (Å²) >= 11 is 0. The van der Waals surface area contributed by atoms with Gasteiger partial charge in [0.2, 0.25) is 0 Å². The van der Waals surface area contributed by atoms with Crippen molar-refractivity contribution in [2.24, 2.45) is 0 Å². The zero-order chi connectivity index (χ0) is 16.4. The summed E-state index contributed by atoms with van der Waals surface area (Å²) in [4.78, 5) is 22.9. The summed E-state index contributed by atoms with van der Waals surface area (Å²) in [6.07, 6.45) is 1.43. The largest absolute Gasteiger partial charge is 0.484 e. The summed E-state index contributed by atoms with van der Waals surface area (Å²) < 4.78 is 32.9. The fraction of sp³-hybridized carbons (Fsp3) is 0.200. The lowest BCUT2D eigenvalue weighted by atomic mass is 10.2. The molecule has 1 N–H and O–H groups in total. The molecule has 23 heavy (non-hydrogen) atoms. The van der Waals surface area contributed by atoms with Crippen molar-refractivity contribution in [3.8, 4) is 5.75 Å². The van der Waals surface area contributed by atoms with E-state index in [0.717, 1.165) is 10.8 Å². The molecule has 1 aromatic carbocycles. The number of nitrogens with one attached hydrogen (secondary N) is 1. The maximum atomic E-state index is 11.8. The van der Waals surface area contributed by atoms with Gasteiger partial charge >= 0.3 is 5.63 Å². The van der Waals surface area contributed by atoms with Crippen LogP contribution >= 0.6 is 0 Å². The van der Waals surface area contributed by atoms with Crippen molar-refractivity contribution >= 4 is 26.7 Å². The molecule has 0 fully saturated rings. The highest BCUT2D eigenvalue weighted by molar-refractivity contribution is 7.94. The molecule has 1 amide bonds. The molecule has 2 heterocycles. The van der Waals surface area contributed by atoms with E-state index < -0.39 is 27.4 Å². The van der Waals surface area contributed by atoms with E-state index in [-0.39, 0.29) is 12.4 Å². The predicted molar refractivity (Wildman–Crippen MR) is 82.8 cm³/mol. The van der Waals surface area contributed by atoms with E-state index in [4.69, 9.17) is 9.15 Å². The van der Waals surface area contributed by atoms with Crippen LogP contribution in [-0.2, 0) is 14.6 Å². The first-order valence-electron chi connectivity index (χ1n) is 6.78. The minimum absolute atomic E-state index is 0.139. The van der Waals surface area contributed by atoms with Crippen molar-refractivity contribution in [1.29, 1.82) is 0 Å². The van der Waals surface area contributed by atoms with Crippen molar-refractivity contribution in [2.75, 3.05) is 12.4 Å². The monoisotopic (exact) mass is 335 g/mol. The van der Waals surface area contributed by atoms with Crippen LogP contribution in [0.25, 0.3) is 11.0 Å². The third-order valence-corrected chi connectivity index (χ3v) is 4.64. The maximum absolute atomic E-state index is 11.8. The Kier molecular flexibility index (Phi) is 3.91. The van der Waals surface area contributed by atoms with Gasteiger partial charge in [-0.15, -0.1) is 0 Å². The Bertz CT molecular complexity index is 944. The van der Waals surface area contributed by atoms with Gasteiger partial charge in [-0.3, -0.25) is 4.79 Å². The van der Waals surface area contributed by atoms with Crippen LogP contribution in [0.5, 0.6) is 5.75 Å². The number of hydrogen-bond donors (Lipinski definition) is 1. The summed E-state index contributed by atoms with van der Waals surface area (Å²) in [6.45, 7) is -0.271. The lowest BCUT2D eigenvalue weighted by Crippen LogP contribution is -2.38. The van der Waals surface area contributed by atoms with Gasteiger partial charge in [0.25, 0.3) is 5.91 Å². The van der Waals surface area contributed by atoms with Gasteiger partial charge in [-0.2, -0.15) is 0 Å². The van der Waals surface area contributed by atoms with Gasteiger partial charge in [0.05, 0.1) is 11.8 Å². The Morgan fingerprint density at radius 1 is 1.30 bits per heavy atom. The molecule has 1 aromatic heterocycles. The second-order valence-corrected chi connectivity index (χ2v) is 7.01. The van der Waals surface area contributed by atoms with E-state index >= 15 is 0 Å². The van der Waals surface area contributed by atoms with E-state index in [0.29, 0.717) is 11.3 Å². The van der Waals surface area contributed by atoms with Crippen molar-refractivity contribution in [3.05, 3.63) is 52.2 Å². The lowest BCUT2D eigenvalue weighted by Gasteiger charge is -2.11. The first kappa shape index (κ1) is 15.3. The van der Waals surface area contributed by atoms with E-state index in [1.165, 1.54) is 18.2 Å². The number of hydrogen-bond acceptors (Lipinski definition) is 6. The van der Waals surface area contributed by atoms with Gasteiger partial charge in [-0.05, 0) is 24.3 Å². The molecule has 1 aliphatic rings. The lowest BCUT2D eigenvalue weighted by molar-refractivity contribution is -0.123. The Labute approximate surface area is 131 Å². The molecule has 8 heteroatoms. The summed E-state index contributed by atoms with van der Waals surface area (Å²) in [7, 11) is -3.21. The summed E-state index contributed by atoms with van der Waals surface area (Å²) in [5.74, 6) is -0.206. The number of ether oxygens (including phenoxy) is 1. The standard InChI is InChI=1S/C15H13NO6S/c17-14(16-11-5-6-23(19,20)9-11)8-21-12-3-1-10-2-4-15(18)22-13(10)7-12/h1-7,11H,8-9H2,(H,16,17). The Hall–Kier alpha value is -2.61. The van der Waals surface area contributed by atoms with Crippen LogP contribution in [0.1, 0.15) is 0 Å². The van der Waals surface area contributed by atoms with Crippen molar-refractivity contribution in [2.45, 2.75) is 6.04 Å². The molecular weight excluding hydrogens is 322 g/mol. The first-order chi connectivity index (χ1) is 10.9. The number of carbonyl (C=O) groups is 1. The van der Waals surface area contributed by atoms with Gasteiger partial charge < -0.3 is 14.5 Å². The fourth-order valence-corrected chi connectivity index (χ4v) is 3.43. The Morgan fingerprint density at radius 3 is 2.83 bits per heavy atom. The highest BCUT2D eigenvalue weighted by atomic mass is 32.2. The Morgan fingerprint density at radius 2 is 2.09 bits per heavy atom. The number of carbonyl (C=O) groups excluding carboxylic acids is 1. The first-order valence-corrected chi connectivity index (χ1v) is 8.50. The van der Waals surface area contributed by atoms with Crippen LogP contribution in [-0.4, -0.2) is 32.7 Å². The molecular formula is C15H13NO6S. The molecule has 3 rings (SSSR count). The van der Waals surface area contributed by atoms with Crippen molar-refractivity contribution < 1.29 is 22.4 Å². The topological polar surface area (TPSA) is 103 Å². The van der Waals surface area contributed by atoms with Gasteiger partial charge in [0.1, 0.15) is 11.3 Å². The molecule has 0 saturated heterocycles. The molecule has 0 bridgehead atoms. The van der Waals surface area contributed by atoms with Crippen molar-refractivity contribution in [1.82, 2.24) is 5.32 Å². The van der Waals surface area contributed by atoms with Crippen LogP contribution in [0.2, 0.25) is 0 Å². The third-order valence-electron chi connectivity index (χ3n) is 3.24. The molecule has 0 saturated carbocycles. The zero-order valence-electron chi connectivity index (χ0n) is 11.9. The number of fused-ring (bicyclic) bond motifs is 1. The van der Waals surface area contributed by atoms with E-state index in [9.17, 15) is 18.0 Å². The van der Waals surface area contributed by atoms with E-state index in [1.54, 1.807) is 18.2 Å². The highest BCUT2D eigenvalue weighted by Crippen LogP contribution is 2.19. The minimum Gasteiger partial charge on any atom is -0.484 e. The molecule has 1 unspecified atom stereocenters. The van der Waals surface area contributed by atoms with Gasteiger partial charge in [0.15, 0.2) is 16.4 Å². The summed E-state index contributed by atoms with van der Waals surface area (Å²) in [6, 6.07) is 7.28. The molecule has 120 valence electrons. The number of amides is 1. The minimum atomic E-state index is -3.21. The normalized spacial score (nSPS) is 18.9. The van der Waals surface area contributed by atoms with Gasteiger partial charge in [-0.1, -0.05) is 0 Å². The van der Waals surface area contributed by atoms with E-state index in [2.05, 4.69) is 5.32 Å². The molecule has 0 radical (unpaired) electrons. The molecule has 2 aromatic rings. The quantitative estimate of drug-likeness (QED) is 0.821. The second-order valence-electron chi connectivity index (χ2n) is 5.07. The van der Waals surface area contributed by atoms with Crippen LogP contribution in [0.3, 0.4) is 0 Å². The molecule has 0 aliphatic carbocycles. The SMILES string of the molecule is O=C(COc1ccc2ccc(=O)oc2c1)NC1C=CS(=O)(=O)C1. The maximum Gasteiger partial charge on any atom is 0.336 e. The summed E-state index contributed by atoms with van der Waals surface area (Å²) in [5, 5.41) is 4.37. The third kappa shape index (κ3) is 3.78. The Balaban J connectivity index is 1.61. The number of benzene rings is 1. The van der Waals surface area contributed by atoms with E-state index in [1.807, 2.05) is 0 Å². The van der Waals surface area contributed by atoms with Gasteiger partial charge in [0, 0.05) is 22.9 Å².